The van der Waals surface area contributed by atoms with Gasteiger partial charge < -0.3 is 9.80 Å². The standard InChI is InChI=1S/C24H33N3O3S/c1-18(2)27-14-12-21(13-15-27)26(4)24(28)23-16-22(11-10-19(23)3)31(29,30)25-17-20-8-6-5-7-9-20/h5-11,16,18,21,25H,12-15,17H2,1-4H3. The Kier molecular flexibility index (Phi) is 7.51. The molecule has 0 atom stereocenters. The number of sulfonamides is 1. The third-order valence-corrected chi connectivity index (χ3v) is 7.56. The highest BCUT2D eigenvalue weighted by Gasteiger charge is 2.28. The van der Waals surface area contributed by atoms with Crippen LogP contribution in [0.2, 0.25) is 0 Å². The zero-order valence-electron chi connectivity index (χ0n) is 18.8. The lowest BCUT2D eigenvalue weighted by atomic mass is 10.0. The first-order valence-electron chi connectivity index (χ1n) is 10.8. The van der Waals surface area contributed by atoms with Gasteiger partial charge in [-0.15, -0.1) is 0 Å². The van der Waals surface area contributed by atoms with Crippen molar-refractivity contribution in [1.82, 2.24) is 14.5 Å². The topological polar surface area (TPSA) is 69.7 Å². The van der Waals surface area contributed by atoms with Crippen LogP contribution < -0.4 is 4.72 Å². The fourth-order valence-electron chi connectivity index (χ4n) is 4.00. The number of likely N-dealkylation sites (tertiary alicyclic amines) is 1. The molecule has 6 nitrogen and oxygen atoms in total. The van der Waals surface area contributed by atoms with Gasteiger partial charge in [0.05, 0.1) is 4.90 Å². The maximum absolute atomic E-state index is 13.2. The van der Waals surface area contributed by atoms with Crippen molar-refractivity contribution in [1.29, 1.82) is 0 Å². The van der Waals surface area contributed by atoms with E-state index >= 15 is 0 Å². The van der Waals surface area contributed by atoms with Crippen LogP contribution in [0.15, 0.2) is 53.4 Å². The smallest absolute Gasteiger partial charge is 0.254 e. The number of aryl methyl sites for hydroxylation is 1. The quantitative estimate of drug-likeness (QED) is 0.712. The molecule has 1 aliphatic heterocycles. The molecule has 168 valence electrons. The van der Waals surface area contributed by atoms with Crippen LogP contribution in [0.1, 0.15) is 48.2 Å². The number of amides is 1. The Labute approximate surface area is 186 Å². The van der Waals surface area contributed by atoms with Gasteiger partial charge in [-0.25, -0.2) is 13.1 Å². The number of carbonyl (C=O) groups is 1. The number of hydrogen-bond acceptors (Lipinski definition) is 4. The predicted octanol–water partition coefficient (Wildman–Crippen LogP) is 3.42. The number of piperidine rings is 1. The number of carbonyl (C=O) groups excluding carboxylic acids is 1. The zero-order chi connectivity index (χ0) is 22.6. The van der Waals surface area contributed by atoms with Gasteiger partial charge in [0.25, 0.3) is 5.91 Å². The average Bonchev–Trinajstić information content (AvgIpc) is 2.77. The SMILES string of the molecule is Cc1ccc(S(=O)(=O)NCc2ccccc2)cc1C(=O)N(C)C1CCN(C(C)C)CC1. The van der Waals surface area contributed by atoms with Crippen LogP contribution in [0.25, 0.3) is 0 Å². The molecular weight excluding hydrogens is 410 g/mol. The highest BCUT2D eigenvalue weighted by Crippen LogP contribution is 2.22. The summed E-state index contributed by atoms with van der Waals surface area (Å²) in [6.45, 7) is 8.37. The van der Waals surface area contributed by atoms with Crippen LogP contribution in [0, 0.1) is 6.92 Å². The van der Waals surface area contributed by atoms with E-state index in [9.17, 15) is 13.2 Å². The van der Waals surface area contributed by atoms with Crippen molar-refractivity contribution in [3.05, 3.63) is 65.2 Å². The Hall–Kier alpha value is -2.22. The van der Waals surface area contributed by atoms with E-state index in [1.807, 2.05) is 44.3 Å². The lowest BCUT2D eigenvalue weighted by Gasteiger charge is -2.38. The average molecular weight is 444 g/mol. The maximum Gasteiger partial charge on any atom is 0.254 e. The summed E-state index contributed by atoms with van der Waals surface area (Å²) in [4.78, 5) is 17.6. The summed E-state index contributed by atoms with van der Waals surface area (Å²) in [5.74, 6) is -0.124. The zero-order valence-corrected chi connectivity index (χ0v) is 19.7. The lowest BCUT2D eigenvalue weighted by Crippen LogP contribution is -2.47. The predicted molar refractivity (Wildman–Crippen MR) is 123 cm³/mol. The Morgan fingerprint density at radius 3 is 2.39 bits per heavy atom. The second kappa shape index (κ2) is 9.94. The molecule has 1 saturated heterocycles. The first-order chi connectivity index (χ1) is 14.7. The Morgan fingerprint density at radius 1 is 1.13 bits per heavy atom. The van der Waals surface area contributed by atoms with Gasteiger partial charge in [0, 0.05) is 44.3 Å². The first kappa shape index (κ1) is 23.4. The van der Waals surface area contributed by atoms with Gasteiger partial charge in [-0.05, 0) is 56.9 Å². The van der Waals surface area contributed by atoms with Crippen molar-refractivity contribution in [2.75, 3.05) is 20.1 Å². The second-order valence-electron chi connectivity index (χ2n) is 8.56. The van der Waals surface area contributed by atoms with Gasteiger partial charge >= 0.3 is 0 Å². The summed E-state index contributed by atoms with van der Waals surface area (Å²) in [6, 6.07) is 14.8. The summed E-state index contributed by atoms with van der Waals surface area (Å²) in [5, 5.41) is 0. The molecule has 0 bridgehead atoms. The third-order valence-electron chi connectivity index (χ3n) is 6.16. The van der Waals surface area contributed by atoms with Gasteiger partial charge in [-0.1, -0.05) is 36.4 Å². The third kappa shape index (κ3) is 5.73. The van der Waals surface area contributed by atoms with E-state index < -0.39 is 10.0 Å². The van der Waals surface area contributed by atoms with Crippen LogP contribution in [0.5, 0.6) is 0 Å². The maximum atomic E-state index is 13.2. The molecule has 1 fully saturated rings. The summed E-state index contributed by atoms with van der Waals surface area (Å²) in [5.41, 5.74) is 2.09. The number of benzene rings is 2. The Bertz CT molecular complexity index is 998. The second-order valence-corrected chi connectivity index (χ2v) is 10.3. The number of hydrogen-bond donors (Lipinski definition) is 1. The highest BCUT2D eigenvalue weighted by atomic mass is 32.2. The van der Waals surface area contributed by atoms with Gasteiger partial charge in [0.1, 0.15) is 0 Å². The molecule has 31 heavy (non-hydrogen) atoms. The van der Waals surface area contributed by atoms with Gasteiger partial charge in [-0.2, -0.15) is 0 Å². The van der Waals surface area contributed by atoms with Crippen molar-refractivity contribution in [2.24, 2.45) is 0 Å². The number of rotatable bonds is 7. The number of nitrogens with zero attached hydrogens (tertiary/aromatic N) is 2. The molecule has 0 radical (unpaired) electrons. The van der Waals surface area contributed by atoms with E-state index in [-0.39, 0.29) is 23.4 Å². The van der Waals surface area contributed by atoms with Crippen molar-refractivity contribution in [3.8, 4) is 0 Å². The van der Waals surface area contributed by atoms with E-state index in [1.165, 1.54) is 6.07 Å². The molecule has 1 amide bonds. The molecule has 0 spiro atoms. The summed E-state index contributed by atoms with van der Waals surface area (Å²) < 4.78 is 28.3. The normalized spacial score (nSPS) is 15.9. The molecule has 1 N–H and O–H groups in total. The van der Waals surface area contributed by atoms with E-state index in [2.05, 4.69) is 23.5 Å². The Balaban J connectivity index is 1.73. The molecule has 7 heteroatoms. The minimum Gasteiger partial charge on any atom is -0.339 e. The summed E-state index contributed by atoms with van der Waals surface area (Å²) >= 11 is 0. The van der Waals surface area contributed by atoms with E-state index in [1.54, 1.807) is 17.0 Å². The molecule has 1 aliphatic rings. The molecular formula is C24H33N3O3S. The molecule has 0 aromatic heterocycles. The molecule has 0 saturated carbocycles. The van der Waals surface area contributed by atoms with Gasteiger partial charge in [0.2, 0.25) is 10.0 Å². The van der Waals surface area contributed by atoms with Crippen LogP contribution in [0.4, 0.5) is 0 Å². The van der Waals surface area contributed by atoms with Crippen LogP contribution in [-0.2, 0) is 16.6 Å². The minimum absolute atomic E-state index is 0.111. The fourth-order valence-corrected chi connectivity index (χ4v) is 5.05. The monoisotopic (exact) mass is 443 g/mol. The Morgan fingerprint density at radius 2 is 1.77 bits per heavy atom. The molecule has 0 unspecified atom stereocenters. The van der Waals surface area contributed by atoms with Crippen LogP contribution in [0.3, 0.4) is 0 Å². The summed E-state index contributed by atoms with van der Waals surface area (Å²) in [6.07, 6.45) is 1.85. The number of nitrogens with one attached hydrogen (secondary N) is 1. The van der Waals surface area contributed by atoms with Crippen LogP contribution in [-0.4, -0.2) is 56.3 Å². The molecule has 2 aromatic rings. The molecule has 0 aliphatic carbocycles. The fraction of sp³-hybridized carbons (Fsp3) is 0.458. The van der Waals surface area contributed by atoms with E-state index in [0.29, 0.717) is 11.6 Å². The van der Waals surface area contributed by atoms with Gasteiger partial charge in [0.15, 0.2) is 0 Å². The van der Waals surface area contributed by atoms with Crippen molar-refractivity contribution >= 4 is 15.9 Å². The van der Waals surface area contributed by atoms with Crippen molar-refractivity contribution < 1.29 is 13.2 Å². The largest absolute Gasteiger partial charge is 0.339 e. The van der Waals surface area contributed by atoms with Crippen LogP contribution >= 0.6 is 0 Å². The first-order valence-corrected chi connectivity index (χ1v) is 12.3. The van der Waals surface area contributed by atoms with Crippen molar-refractivity contribution in [2.45, 2.75) is 57.1 Å². The lowest BCUT2D eigenvalue weighted by molar-refractivity contribution is 0.0614. The molecule has 2 aromatic carbocycles. The van der Waals surface area contributed by atoms with Crippen molar-refractivity contribution in [3.63, 3.8) is 0 Å². The van der Waals surface area contributed by atoms with E-state index in [4.69, 9.17) is 0 Å². The summed E-state index contributed by atoms with van der Waals surface area (Å²) in [7, 11) is -1.90. The molecule has 1 heterocycles. The minimum atomic E-state index is -3.73. The molecule has 3 rings (SSSR count). The van der Waals surface area contributed by atoms with Gasteiger partial charge in [-0.3, -0.25) is 4.79 Å². The van der Waals surface area contributed by atoms with E-state index in [0.717, 1.165) is 37.1 Å². The highest BCUT2D eigenvalue weighted by molar-refractivity contribution is 7.89.